The van der Waals surface area contributed by atoms with E-state index in [1.165, 1.54) is 0 Å². The minimum Gasteiger partial charge on any atom is -0.381 e. The second-order valence-corrected chi connectivity index (χ2v) is 5.87. The first-order chi connectivity index (χ1) is 6.02. The summed E-state index contributed by atoms with van der Waals surface area (Å²) in [5.41, 5.74) is 0. The van der Waals surface area contributed by atoms with Crippen molar-refractivity contribution in [3.8, 4) is 0 Å². The van der Waals surface area contributed by atoms with Crippen molar-refractivity contribution in [3.63, 3.8) is 0 Å². The van der Waals surface area contributed by atoms with Crippen LogP contribution in [0.5, 0.6) is 0 Å². The van der Waals surface area contributed by atoms with Crippen molar-refractivity contribution in [1.29, 1.82) is 0 Å². The lowest BCUT2D eigenvalue weighted by atomic mass is 10.1. The first kappa shape index (κ1) is 10.9. The summed E-state index contributed by atoms with van der Waals surface area (Å²) in [6.07, 6.45) is 1.57. The molecule has 1 fully saturated rings. The van der Waals surface area contributed by atoms with Crippen molar-refractivity contribution in [3.05, 3.63) is 0 Å². The highest BCUT2D eigenvalue weighted by Crippen LogP contribution is 2.09. The van der Waals surface area contributed by atoms with Crippen LogP contribution < -0.4 is 4.72 Å². The van der Waals surface area contributed by atoms with Gasteiger partial charge in [-0.2, -0.15) is 0 Å². The van der Waals surface area contributed by atoms with Gasteiger partial charge in [0.25, 0.3) is 0 Å². The Morgan fingerprint density at radius 2 is 1.85 bits per heavy atom. The van der Waals surface area contributed by atoms with Gasteiger partial charge in [-0.3, -0.25) is 0 Å². The van der Waals surface area contributed by atoms with Gasteiger partial charge in [0.2, 0.25) is 10.0 Å². The third kappa shape index (κ3) is 3.25. The molecule has 0 amide bonds. The van der Waals surface area contributed by atoms with E-state index < -0.39 is 10.0 Å². The van der Waals surface area contributed by atoms with Crippen LogP contribution >= 0.6 is 0 Å². The predicted octanol–water partition coefficient (Wildman–Crippen LogP) is 0.493. The Morgan fingerprint density at radius 1 is 1.31 bits per heavy atom. The Morgan fingerprint density at radius 3 is 2.31 bits per heavy atom. The highest BCUT2D eigenvalue weighted by atomic mass is 32.2. The Bertz CT molecular complexity index is 242. The molecule has 0 unspecified atom stereocenters. The van der Waals surface area contributed by atoms with Crippen LogP contribution in [-0.4, -0.2) is 32.9 Å². The maximum atomic E-state index is 11.4. The van der Waals surface area contributed by atoms with E-state index in [-0.39, 0.29) is 11.3 Å². The lowest BCUT2D eigenvalue weighted by molar-refractivity contribution is 0.0831. The number of hydrogen-bond donors (Lipinski definition) is 1. The van der Waals surface area contributed by atoms with E-state index in [2.05, 4.69) is 4.72 Å². The molecule has 5 heteroatoms. The van der Waals surface area contributed by atoms with Gasteiger partial charge in [-0.15, -0.1) is 0 Å². The fourth-order valence-corrected chi connectivity index (χ4v) is 2.16. The van der Waals surface area contributed by atoms with Crippen LogP contribution in [0.2, 0.25) is 0 Å². The summed E-state index contributed by atoms with van der Waals surface area (Å²) in [4.78, 5) is 0. The summed E-state index contributed by atoms with van der Waals surface area (Å²) in [7, 11) is -3.10. The maximum Gasteiger partial charge on any atom is 0.214 e. The van der Waals surface area contributed by atoms with Crippen LogP contribution in [0.15, 0.2) is 0 Å². The number of hydrogen-bond acceptors (Lipinski definition) is 3. The fourth-order valence-electron chi connectivity index (χ4n) is 1.18. The van der Waals surface area contributed by atoms with Crippen LogP contribution in [0.4, 0.5) is 0 Å². The highest BCUT2D eigenvalue weighted by molar-refractivity contribution is 7.90. The Labute approximate surface area is 79.7 Å². The number of nitrogens with one attached hydrogen (secondary N) is 1. The number of rotatable bonds is 3. The number of sulfonamides is 1. The zero-order chi connectivity index (χ0) is 9.90. The van der Waals surface area contributed by atoms with Gasteiger partial charge in [-0.05, 0) is 26.7 Å². The van der Waals surface area contributed by atoms with Crippen LogP contribution in [0.25, 0.3) is 0 Å². The van der Waals surface area contributed by atoms with Crippen LogP contribution in [0.1, 0.15) is 26.7 Å². The second-order valence-electron chi connectivity index (χ2n) is 3.60. The summed E-state index contributed by atoms with van der Waals surface area (Å²) >= 11 is 0. The van der Waals surface area contributed by atoms with Gasteiger partial charge in [-0.25, -0.2) is 13.1 Å². The number of ether oxygens (including phenoxy) is 1. The summed E-state index contributed by atoms with van der Waals surface area (Å²) in [6.45, 7) is 4.68. The van der Waals surface area contributed by atoms with E-state index in [1.54, 1.807) is 13.8 Å². The normalized spacial score (nSPS) is 20.8. The van der Waals surface area contributed by atoms with E-state index in [9.17, 15) is 8.42 Å². The van der Waals surface area contributed by atoms with Crippen molar-refractivity contribution in [2.24, 2.45) is 0 Å². The van der Waals surface area contributed by atoms with Gasteiger partial charge < -0.3 is 4.74 Å². The Kier molecular flexibility index (Phi) is 3.70. The smallest absolute Gasteiger partial charge is 0.214 e. The largest absolute Gasteiger partial charge is 0.381 e. The monoisotopic (exact) mass is 207 g/mol. The van der Waals surface area contributed by atoms with E-state index in [4.69, 9.17) is 4.74 Å². The van der Waals surface area contributed by atoms with Crippen LogP contribution in [0.3, 0.4) is 0 Å². The van der Waals surface area contributed by atoms with Crippen molar-refractivity contribution >= 4 is 10.0 Å². The molecule has 0 aromatic rings. The zero-order valence-electron chi connectivity index (χ0n) is 8.12. The molecule has 1 aliphatic rings. The van der Waals surface area contributed by atoms with E-state index >= 15 is 0 Å². The molecule has 1 rings (SSSR count). The molecule has 0 aromatic carbocycles. The van der Waals surface area contributed by atoms with Crippen molar-refractivity contribution < 1.29 is 13.2 Å². The second kappa shape index (κ2) is 4.39. The molecule has 0 aliphatic carbocycles. The molecule has 1 heterocycles. The third-order valence-corrected chi connectivity index (χ3v) is 4.08. The van der Waals surface area contributed by atoms with Gasteiger partial charge in [-0.1, -0.05) is 0 Å². The average Bonchev–Trinajstić information content (AvgIpc) is 2.05. The third-order valence-electron chi connectivity index (χ3n) is 2.17. The van der Waals surface area contributed by atoms with Gasteiger partial charge in [0.05, 0.1) is 5.25 Å². The Hall–Kier alpha value is -0.130. The van der Waals surface area contributed by atoms with Crippen molar-refractivity contribution in [2.45, 2.75) is 38.0 Å². The molecule has 0 bridgehead atoms. The Balaban J connectivity index is 2.47. The van der Waals surface area contributed by atoms with E-state index in [1.807, 2.05) is 0 Å². The summed E-state index contributed by atoms with van der Waals surface area (Å²) in [5, 5.41) is -0.352. The zero-order valence-corrected chi connectivity index (χ0v) is 8.93. The fraction of sp³-hybridized carbons (Fsp3) is 1.00. The first-order valence-corrected chi connectivity index (χ1v) is 6.16. The van der Waals surface area contributed by atoms with Crippen molar-refractivity contribution in [2.75, 3.05) is 13.2 Å². The summed E-state index contributed by atoms with van der Waals surface area (Å²) in [5.74, 6) is 0. The molecule has 0 atom stereocenters. The minimum atomic E-state index is -3.10. The first-order valence-electron chi connectivity index (χ1n) is 4.61. The predicted molar refractivity (Wildman–Crippen MR) is 51.0 cm³/mol. The van der Waals surface area contributed by atoms with Gasteiger partial charge in [0.1, 0.15) is 0 Å². The SMILES string of the molecule is CC(C)S(=O)(=O)NC1CCOCC1. The van der Waals surface area contributed by atoms with E-state index in [0.717, 1.165) is 12.8 Å². The quantitative estimate of drug-likeness (QED) is 0.733. The average molecular weight is 207 g/mol. The molecule has 0 saturated carbocycles. The molecule has 1 saturated heterocycles. The topological polar surface area (TPSA) is 55.4 Å². The lowest BCUT2D eigenvalue weighted by Crippen LogP contribution is -2.41. The summed E-state index contributed by atoms with van der Waals surface area (Å²) in [6, 6.07) is 0.0705. The molecule has 1 N–H and O–H groups in total. The standard InChI is InChI=1S/C8H17NO3S/c1-7(2)13(10,11)9-8-3-5-12-6-4-8/h7-9H,3-6H2,1-2H3. The van der Waals surface area contributed by atoms with Crippen LogP contribution in [0, 0.1) is 0 Å². The molecule has 0 aromatic heterocycles. The molecule has 4 nitrogen and oxygen atoms in total. The molecule has 78 valence electrons. The molecule has 0 radical (unpaired) electrons. The van der Waals surface area contributed by atoms with E-state index in [0.29, 0.717) is 13.2 Å². The maximum absolute atomic E-state index is 11.4. The molecule has 13 heavy (non-hydrogen) atoms. The molecular weight excluding hydrogens is 190 g/mol. The highest BCUT2D eigenvalue weighted by Gasteiger charge is 2.22. The van der Waals surface area contributed by atoms with Gasteiger partial charge >= 0.3 is 0 Å². The summed E-state index contributed by atoms with van der Waals surface area (Å²) < 4.78 is 30.7. The van der Waals surface area contributed by atoms with Crippen LogP contribution in [-0.2, 0) is 14.8 Å². The van der Waals surface area contributed by atoms with Gasteiger partial charge in [0, 0.05) is 19.3 Å². The molecular formula is C8H17NO3S. The minimum absolute atomic E-state index is 0.0705. The molecule has 0 spiro atoms. The molecule has 1 aliphatic heterocycles. The lowest BCUT2D eigenvalue weighted by Gasteiger charge is -2.23. The van der Waals surface area contributed by atoms with Gasteiger partial charge in [0.15, 0.2) is 0 Å². The van der Waals surface area contributed by atoms with Crippen molar-refractivity contribution in [1.82, 2.24) is 4.72 Å².